The summed E-state index contributed by atoms with van der Waals surface area (Å²) in [6.45, 7) is 3.25. The van der Waals surface area contributed by atoms with Gasteiger partial charge in [-0.1, -0.05) is 28.5 Å². The molecule has 4 aromatic rings. The summed E-state index contributed by atoms with van der Waals surface area (Å²) in [5.74, 6) is 0. The van der Waals surface area contributed by atoms with Gasteiger partial charge in [0.2, 0.25) is 0 Å². The molecule has 1 aromatic heterocycles. The number of sulfonamides is 1. The van der Waals surface area contributed by atoms with Crippen LogP contribution in [0.25, 0.3) is 5.69 Å². The van der Waals surface area contributed by atoms with E-state index in [1.807, 2.05) is 0 Å². The van der Waals surface area contributed by atoms with Gasteiger partial charge in [0.25, 0.3) is 5.56 Å². The Morgan fingerprint density at radius 1 is 0.973 bits per heavy atom. The van der Waals surface area contributed by atoms with E-state index >= 15 is 0 Å². The van der Waals surface area contributed by atoms with Crippen molar-refractivity contribution in [2.45, 2.75) is 23.6 Å². The summed E-state index contributed by atoms with van der Waals surface area (Å²) in [5, 5.41) is 10.9. The summed E-state index contributed by atoms with van der Waals surface area (Å²) in [7, 11) is -8.52. The van der Waals surface area contributed by atoms with Crippen LogP contribution in [0.5, 0.6) is 0 Å². The Hall–Kier alpha value is -2.91. The van der Waals surface area contributed by atoms with Crippen LogP contribution in [0, 0.1) is 13.8 Å². The van der Waals surface area contributed by atoms with E-state index in [9.17, 15) is 26.5 Å². The number of hydrogen-bond acceptors (Lipinski definition) is 8. The fraction of sp³-hybridized carbons (Fsp3) is 0.0870. The van der Waals surface area contributed by atoms with Crippen molar-refractivity contribution in [3.63, 3.8) is 0 Å². The zero-order valence-corrected chi connectivity index (χ0v) is 23.7. The second kappa shape index (κ2) is 11.2. The first-order valence-electron chi connectivity index (χ1n) is 10.4. The first-order valence-corrected chi connectivity index (χ1v) is 13.3. The average Bonchev–Trinajstić information content (AvgIpc) is 3.11. The van der Waals surface area contributed by atoms with Gasteiger partial charge in [0.1, 0.15) is 10.1 Å². The minimum absolute atomic E-state index is 0. The number of hydrogen-bond donors (Lipinski definition) is 2. The molecule has 0 aliphatic carbocycles. The van der Waals surface area contributed by atoms with E-state index in [1.54, 1.807) is 56.3 Å². The predicted octanol–water partition coefficient (Wildman–Crippen LogP) is 1.12. The van der Waals surface area contributed by atoms with Gasteiger partial charge in [-0.2, -0.15) is 5.11 Å². The molecule has 0 aliphatic heterocycles. The molecule has 4 rings (SSSR count). The minimum Gasteiger partial charge on any atom is -0.744 e. The second-order valence-electron chi connectivity index (χ2n) is 7.80. The molecule has 0 saturated carbocycles. The van der Waals surface area contributed by atoms with Crippen LogP contribution in [0.15, 0.2) is 97.6 Å². The van der Waals surface area contributed by atoms with Gasteiger partial charge in [-0.15, -0.1) is 5.11 Å². The van der Waals surface area contributed by atoms with E-state index in [0.717, 1.165) is 16.8 Å². The Morgan fingerprint density at radius 3 is 2.24 bits per heavy atom. The van der Waals surface area contributed by atoms with Gasteiger partial charge in [-0.3, -0.25) is 9.89 Å². The molecule has 1 heterocycles. The Labute approximate surface area is 236 Å². The third-order valence-corrected chi connectivity index (χ3v) is 7.55. The molecule has 0 radical (unpaired) electrons. The van der Waals surface area contributed by atoms with Crippen molar-refractivity contribution in [1.29, 1.82) is 0 Å². The summed E-state index contributed by atoms with van der Waals surface area (Å²) in [6.07, 6.45) is 0. The standard InChI is InChI=1S/C23H21N5O6S2.Na/c1-15-8-9-18(14-21(15)35(30,31)27-17-6-4-3-5-7-17)24-25-22-16(2)26-28(23(22)29)19-10-12-20(13-11-19)36(32,33)34;/h3-14H,1-2H3,(H3-,24,26,27,29,30,31,32,33,34);/q;+1/p-1. The van der Waals surface area contributed by atoms with E-state index in [-0.39, 0.29) is 51.5 Å². The third kappa shape index (κ3) is 6.51. The number of nitrogens with zero attached hydrogens (tertiary/aromatic N) is 3. The van der Waals surface area contributed by atoms with Crippen molar-refractivity contribution < 1.29 is 51.3 Å². The summed E-state index contributed by atoms with van der Waals surface area (Å²) in [4.78, 5) is 12.5. The van der Waals surface area contributed by atoms with Crippen molar-refractivity contribution in [3.8, 4) is 5.69 Å². The fourth-order valence-corrected chi connectivity index (χ4v) is 5.16. The van der Waals surface area contributed by atoms with Crippen LogP contribution in [0.3, 0.4) is 0 Å². The van der Waals surface area contributed by atoms with Crippen molar-refractivity contribution in [1.82, 2.24) is 9.78 Å². The van der Waals surface area contributed by atoms with E-state index < -0.39 is 31.0 Å². The fourth-order valence-electron chi connectivity index (χ4n) is 3.36. The smallest absolute Gasteiger partial charge is 0.744 e. The molecule has 0 bridgehead atoms. The van der Waals surface area contributed by atoms with Gasteiger partial charge < -0.3 is 9.11 Å². The molecule has 2 N–H and O–H groups in total. The van der Waals surface area contributed by atoms with Crippen LogP contribution in [-0.2, 0) is 24.7 Å². The predicted molar refractivity (Wildman–Crippen MR) is 132 cm³/mol. The van der Waals surface area contributed by atoms with Crippen molar-refractivity contribution in [2.75, 3.05) is 4.72 Å². The van der Waals surface area contributed by atoms with E-state index in [2.05, 4.69) is 20.0 Å². The third-order valence-electron chi connectivity index (χ3n) is 5.18. The molecule has 37 heavy (non-hydrogen) atoms. The maximum absolute atomic E-state index is 12.9. The molecule has 3 aromatic carbocycles. The number of para-hydroxylation sites is 1. The number of benzene rings is 3. The van der Waals surface area contributed by atoms with Gasteiger partial charge in [-0.05, 0) is 56.3 Å². The van der Waals surface area contributed by atoms with E-state index in [1.165, 1.54) is 18.2 Å². The number of azo groups is 1. The van der Waals surface area contributed by atoms with Gasteiger partial charge in [-0.25, -0.2) is 17.8 Å². The summed E-state index contributed by atoms with van der Waals surface area (Å²) < 4.78 is 62.8. The minimum atomic E-state index is -4.62. The van der Waals surface area contributed by atoms with Crippen LogP contribution < -0.4 is 39.8 Å². The second-order valence-corrected chi connectivity index (χ2v) is 10.8. The number of aromatic nitrogens is 2. The van der Waals surface area contributed by atoms with Gasteiger partial charge in [0, 0.05) is 11.6 Å². The first-order chi connectivity index (χ1) is 17.0. The molecule has 1 unspecified atom stereocenters. The van der Waals surface area contributed by atoms with Gasteiger partial charge in [0.15, 0.2) is 21.0 Å². The Morgan fingerprint density at radius 2 is 1.62 bits per heavy atom. The van der Waals surface area contributed by atoms with Crippen molar-refractivity contribution >= 4 is 37.6 Å². The molecule has 0 amide bonds. The SMILES string of the molecule is Cc1ccc(N=Nc2c(C)[nH]n(-c3ccc(S(=O)(=O)[O-])cc3)c2=O)cc1[S+](=O)([O-])Nc1ccccc1.[Na+]. The summed E-state index contributed by atoms with van der Waals surface area (Å²) in [6, 6.07) is 17.8. The number of nitrogens with one attached hydrogen (secondary N) is 2. The molecular formula is C23H20N5NaO6S2. The Bertz CT molecular complexity index is 1670. The molecule has 1 atom stereocenters. The number of anilines is 1. The van der Waals surface area contributed by atoms with Crippen LogP contribution in [-0.4, -0.2) is 27.3 Å². The average molecular weight is 550 g/mol. The summed E-state index contributed by atoms with van der Waals surface area (Å²) >= 11 is 0. The van der Waals surface area contributed by atoms with Crippen LogP contribution in [0.4, 0.5) is 17.1 Å². The van der Waals surface area contributed by atoms with Crippen molar-refractivity contribution in [3.05, 3.63) is 94.4 Å². The molecule has 14 heteroatoms. The van der Waals surface area contributed by atoms with Gasteiger partial charge in [0.05, 0.1) is 27.7 Å². The monoisotopic (exact) mass is 549 g/mol. The normalized spacial score (nSPS) is 13.2. The van der Waals surface area contributed by atoms with Crippen LogP contribution in [0.2, 0.25) is 0 Å². The van der Waals surface area contributed by atoms with E-state index in [4.69, 9.17) is 0 Å². The number of aryl methyl sites for hydroxylation is 2. The van der Waals surface area contributed by atoms with Gasteiger partial charge >= 0.3 is 29.6 Å². The Balaban J connectivity index is 0.00000380. The molecule has 0 aliphatic rings. The molecular weight excluding hydrogens is 529 g/mol. The van der Waals surface area contributed by atoms with Crippen molar-refractivity contribution in [2.24, 2.45) is 10.2 Å². The molecule has 0 saturated heterocycles. The maximum Gasteiger partial charge on any atom is 1.00 e. The molecule has 0 spiro atoms. The topological polar surface area (TPSA) is 172 Å². The molecule has 0 fully saturated rings. The molecule has 186 valence electrons. The maximum atomic E-state index is 12.9. The zero-order valence-electron chi connectivity index (χ0n) is 20.0. The number of H-pyrrole nitrogens is 1. The van der Waals surface area contributed by atoms with Crippen LogP contribution in [0.1, 0.15) is 11.3 Å². The largest absolute Gasteiger partial charge is 1.00 e. The number of rotatable bonds is 7. The van der Waals surface area contributed by atoms with Crippen LogP contribution >= 0.6 is 0 Å². The quantitative estimate of drug-likeness (QED) is 0.151. The summed E-state index contributed by atoms with van der Waals surface area (Å²) in [5.41, 5.74) is 1.19. The first kappa shape index (κ1) is 28.7. The Kier molecular flexibility index (Phi) is 8.70. The number of aromatic amines is 1. The zero-order chi connectivity index (χ0) is 26.1. The molecule has 11 nitrogen and oxygen atoms in total. The van der Waals surface area contributed by atoms with E-state index in [0.29, 0.717) is 16.9 Å².